The Labute approximate surface area is 43.6 Å². The Morgan fingerprint density at radius 1 is 1.67 bits per heavy atom. The Bertz CT molecular complexity index is 110. The second kappa shape index (κ2) is 1.90. The van der Waals surface area contributed by atoms with Gasteiger partial charge in [-0.2, -0.15) is 0 Å². The summed E-state index contributed by atoms with van der Waals surface area (Å²) in [7, 11) is -4.19. The minimum absolute atomic E-state index is 1.26. The molecule has 0 heterocycles. The van der Waals surface area contributed by atoms with Crippen LogP contribution < -0.4 is 0 Å². The first-order valence-electron chi connectivity index (χ1n) is 0.865. The van der Waals surface area contributed by atoms with Crippen molar-refractivity contribution in [2.45, 2.75) is 0 Å². The SMILES string of the molecule is O=S(=O)(O)O[SeH]. The molecule has 0 rings (SSSR count). The molecule has 6 heavy (non-hydrogen) atoms. The number of rotatable bonds is 1. The molecule has 0 fully saturated rings. The van der Waals surface area contributed by atoms with Crippen molar-refractivity contribution in [3.63, 3.8) is 0 Å². The Hall–Kier alpha value is 0.389. The van der Waals surface area contributed by atoms with Crippen LogP contribution in [0.3, 0.4) is 0 Å². The van der Waals surface area contributed by atoms with Gasteiger partial charge < -0.3 is 0 Å². The Morgan fingerprint density at radius 2 is 1.83 bits per heavy atom. The molecule has 4 nitrogen and oxygen atoms in total. The Morgan fingerprint density at radius 3 is 1.83 bits per heavy atom. The standard InChI is InChI=1S/H2O4SSe/c1-5(2,3)4-6/h6H,(H,1,2,3). The summed E-state index contributed by atoms with van der Waals surface area (Å²) in [5, 5.41) is 0. The molecule has 0 bridgehead atoms. The molecule has 0 radical (unpaired) electrons. The second-order valence-electron chi connectivity index (χ2n) is 0.502. The summed E-state index contributed by atoms with van der Waals surface area (Å²) in [6.45, 7) is 0. The minimum atomic E-state index is -4.19. The average molecular weight is 177 g/mol. The van der Waals surface area contributed by atoms with Crippen LogP contribution in [0.1, 0.15) is 0 Å². The van der Waals surface area contributed by atoms with Gasteiger partial charge in [0.2, 0.25) is 0 Å². The molecule has 0 aliphatic rings. The zero-order valence-corrected chi connectivity index (χ0v) is 5.22. The van der Waals surface area contributed by atoms with Gasteiger partial charge in [0.25, 0.3) is 0 Å². The molecule has 0 unspecified atom stereocenters. The zero-order valence-electron chi connectivity index (χ0n) is 2.53. The van der Waals surface area contributed by atoms with Crippen molar-refractivity contribution in [2.24, 2.45) is 0 Å². The van der Waals surface area contributed by atoms with Crippen molar-refractivity contribution < 1.29 is 16.2 Å². The zero-order chi connectivity index (χ0) is 5.21. The van der Waals surface area contributed by atoms with Gasteiger partial charge in [-0.05, 0) is 0 Å². The van der Waals surface area contributed by atoms with Crippen molar-refractivity contribution >= 4 is 26.7 Å². The molecule has 1 N–H and O–H groups in total. The number of hydrogen-bond donors (Lipinski definition) is 1. The van der Waals surface area contributed by atoms with Gasteiger partial charge in [0.1, 0.15) is 0 Å². The quantitative estimate of drug-likeness (QED) is 0.396. The van der Waals surface area contributed by atoms with E-state index in [-0.39, 0.29) is 0 Å². The molecule has 0 aliphatic carbocycles. The molecule has 0 aromatic heterocycles. The first-order valence-corrected chi connectivity index (χ1v) is 3.00. The maximum atomic E-state index is 9.32. The van der Waals surface area contributed by atoms with Crippen molar-refractivity contribution in [3.05, 3.63) is 0 Å². The fourth-order valence-electron chi connectivity index (χ4n) is 0. The molecule has 38 valence electrons. The fourth-order valence-corrected chi connectivity index (χ4v) is 0. The van der Waals surface area contributed by atoms with Crippen LogP contribution in [0.5, 0.6) is 0 Å². The molecular formula is H2O4SSe. The third kappa shape index (κ3) is 4.39. The maximum absolute atomic E-state index is 9.32. The molecule has 0 aliphatic heterocycles. The first kappa shape index (κ1) is 6.39. The molecule has 0 aromatic rings. The summed E-state index contributed by atoms with van der Waals surface area (Å²) < 4.78 is 29.6. The third-order valence-electron chi connectivity index (χ3n) is 0.0942. The first-order chi connectivity index (χ1) is 2.56. The van der Waals surface area contributed by atoms with E-state index in [2.05, 4.69) is 3.27 Å². The van der Waals surface area contributed by atoms with E-state index in [4.69, 9.17) is 4.55 Å². The van der Waals surface area contributed by atoms with Crippen LogP contribution in [0.2, 0.25) is 0 Å². The van der Waals surface area contributed by atoms with E-state index in [1.807, 2.05) is 0 Å². The van der Waals surface area contributed by atoms with E-state index >= 15 is 0 Å². The second-order valence-corrected chi connectivity index (χ2v) is 2.45. The predicted octanol–water partition coefficient (Wildman–Crippen LogP) is -1.38. The molecule has 0 aromatic carbocycles. The summed E-state index contributed by atoms with van der Waals surface area (Å²) in [5.74, 6) is 0. The molecule has 6 heteroatoms. The van der Waals surface area contributed by atoms with E-state index in [1.165, 1.54) is 16.3 Å². The van der Waals surface area contributed by atoms with Crippen LogP contribution >= 0.6 is 0 Å². The topological polar surface area (TPSA) is 63.6 Å². The molecule has 0 saturated carbocycles. The number of hydrogen-bond acceptors (Lipinski definition) is 3. The van der Waals surface area contributed by atoms with Gasteiger partial charge in [-0.3, -0.25) is 0 Å². The van der Waals surface area contributed by atoms with Crippen LogP contribution in [0.25, 0.3) is 0 Å². The normalized spacial score (nSPS) is 11.7. The van der Waals surface area contributed by atoms with E-state index in [0.717, 1.165) is 0 Å². The van der Waals surface area contributed by atoms with E-state index < -0.39 is 10.4 Å². The average Bonchev–Trinajstić information content (AvgIpc) is 1.35. The van der Waals surface area contributed by atoms with Crippen molar-refractivity contribution in [3.8, 4) is 0 Å². The fraction of sp³-hybridized carbons (Fsp3) is 0. The van der Waals surface area contributed by atoms with Crippen LogP contribution in [-0.2, 0) is 13.7 Å². The predicted molar refractivity (Wildman–Crippen MR) is 19.8 cm³/mol. The summed E-state index contributed by atoms with van der Waals surface area (Å²) in [5.41, 5.74) is 0. The van der Waals surface area contributed by atoms with Crippen molar-refractivity contribution in [1.29, 1.82) is 0 Å². The summed E-state index contributed by atoms with van der Waals surface area (Å²) >= 11 is 1.26. The summed E-state index contributed by atoms with van der Waals surface area (Å²) in [6, 6.07) is 0. The van der Waals surface area contributed by atoms with E-state index in [9.17, 15) is 8.42 Å². The van der Waals surface area contributed by atoms with Gasteiger partial charge in [0, 0.05) is 0 Å². The Balaban J connectivity index is 3.85. The Kier molecular flexibility index (Phi) is 2.03. The van der Waals surface area contributed by atoms with Gasteiger partial charge in [-0.25, -0.2) is 0 Å². The van der Waals surface area contributed by atoms with Gasteiger partial charge in [0.05, 0.1) is 0 Å². The van der Waals surface area contributed by atoms with Crippen molar-refractivity contribution in [1.82, 2.24) is 0 Å². The van der Waals surface area contributed by atoms with Crippen LogP contribution in [0, 0.1) is 0 Å². The van der Waals surface area contributed by atoms with Crippen molar-refractivity contribution in [2.75, 3.05) is 0 Å². The monoisotopic (exact) mass is 178 g/mol. The van der Waals surface area contributed by atoms with Crippen LogP contribution in [0.15, 0.2) is 0 Å². The van der Waals surface area contributed by atoms with E-state index in [1.54, 1.807) is 0 Å². The molecular weight excluding hydrogens is 175 g/mol. The van der Waals surface area contributed by atoms with E-state index in [0.29, 0.717) is 0 Å². The van der Waals surface area contributed by atoms with Crippen LogP contribution in [-0.4, -0.2) is 29.3 Å². The van der Waals surface area contributed by atoms with Gasteiger partial charge in [-0.1, -0.05) is 0 Å². The third-order valence-corrected chi connectivity index (χ3v) is 1.47. The summed E-state index contributed by atoms with van der Waals surface area (Å²) in [4.78, 5) is 0. The van der Waals surface area contributed by atoms with Gasteiger partial charge in [-0.15, -0.1) is 0 Å². The molecule has 0 atom stereocenters. The molecule has 0 amide bonds. The molecule has 0 saturated heterocycles. The van der Waals surface area contributed by atoms with Gasteiger partial charge >= 0.3 is 43.0 Å². The summed E-state index contributed by atoms with van der Waals surface area (Å²) in [6.07, 6.45) is 0. The van der Waals surface area contributed by atoms with Gasteiger partial charge in [0.15, 0.2) is 0 Å². The van der Waals surface area contributed by atoms with Crippen LogP contribution in [0.4, 0.5) is 0 Å². The molecule has 0 spiro atoms.